The van der Waals surface area contributed by atoms with Crippen molar-refractivity contribution in [3.63, 3.8) is 0 Å². The number of pyridine rings is 1. The number of ether oxygens (including phenoxy) is 1. The molecule has 0 bridgehead atoms. The highest BCUT2D eigenvalue weighted by atomic mass is 35.5. The number of nitrogens with zero attached hydrogens (tertiary/aromatic N) is 4. The van der Waals surface area contributed by atoms with Crippen molar-refractivity contribution in [2.75, 3.05) is 11.9 Å². The molecule has 2 rings (SSSR count). The van der Waals surface area contributed by atoms with Gasteiger partial charge in [-0.15, -0.1) is 0 Å². The molecule has 108 valence electrons. The highest BCUT2D eigenvalue weighted by Crippen LogP contribution is 2.23. The molecule has 7 heteroatoms. The van der Waals surface area contributed by atoms with Crippen molar-refractivity contribution in [1.29, 1.82) is 0 Å². The summed E-state index contributed by atoms with van der Waals surface area (Å²) < 4.78 is 7.09. The van der Waals surface area contributed by atoms with Gasteiger partial charge in [-0.1, -0.05) is 11.6 Å². The lowest BCUT2D eigenvalue weighted by Crippen LogP contribution is -2.35. The Hall–Kier alpha value is -1.82. The van der Waals surface area contributed by atoms with Crippen molar-refractivity contribution in [3.05, 3.63) is 17.4 Å². The number of imidazole rings is 1. The second-order valence-electron chi connectivity index (χ2n) is 5.51. The van der Waals surface area contributed by atoms with E-state index in [1.165, 1.54) is 4.90 Å². The summed E-state index contributed by atoms with van der Waals surface area (Å²) in [5.74, 6) is 0.471. The number of hydrogen-bond donors (Lipinski definition) is 0. The molecular weight excluding hydrogens is 280 g/mol. The predicted octanol–water partition coefficient (Wildman–Crippen LogP) is 2.99. The minimum absolute atomic E-state index is 0.381. The number of fused-ring (bicyclic) bond motifs is 1. The van der Waals surface area contributed by atoms with Crippen LogP contribution < -0.4 is 4.90 Å². The summed E-state index contributed by atoms with van der Waals surface area (Å²) in [6.45, 7) is 5.45. The number of hydrogen-bond acceptors (Lipinski definition) is 4. The Morgan fingerprint density at radius 3 is 2.70 bits per heavy atom. The zero-order valence-electron chi connectivity index (χ0n) is 12.1. The van der Waals surface area contributed by atoms with Crippen LogP contribution in [0.3, 0.4) is 0 Å². The van der Waals surface area contributed by atoms with E-state index < -0.39 is 11.7 Å². The van der Waals surface area contributed by atoms with E-state index in [1.54, 1.807) is 23.9 Å². The molecule has 0 saturated heterocycles. The van der Waals surface area contributed by atoms with E-state index in [0.717, 1.165) is 5.52 Å². The van der Waals surface area contributed by atoms with Gasteiger partial charge in [-0.3, -0.25) is 4.90 Å². The molecule has 0 unspecified atom stereocenters. The summed E-state index contributed by atoms with van der Waals surface area (Å²) in [6.07, 6.45) is 1.11. The highest BCUT2D eigenvalue weighted by molar-refractivity contribution is 6.30. The highest BCUT2D eigenvalue weighted by Gasteiger charge is 2.23. The fraction of sp³-hybridized carbons (Fsp3) is 0.462. The third-order valence-corrected chi connectivity index (χ3v) is 2.88. The van der Waals surface area contributed by atoms with Gasteiger partial charge in [-0.05, 0) is 20.8 Å². The fourth-order valence-electron chi connectivity index (χ4n) is 1.77. The van der Waals surface area contributed by atoms with E-state index in [0.29, 0.717) is 16.6 Å². The van der Waals surface area contributed by atoms with Crippen molar-refractivity contribution in [2.24, 2.45) is 7.05 Å². The van der Waals surface area contributed by atoms with Crippen molar-refractivity contribution in [1.82, 2.24) is 14.5 Å². The first-order chi connectivity index (χ1) is 9.19. The topological polar surface area (TPSA) is 60.3 Å². The zero-order chi connectivity index (χ0) is 15.1. The number of halogens is 1. The van der Waals surface area contributed by atoms with Crippen LogP contribution in [0.1, 0.15) is 20.8 Å². The Morgan fingerprint density at radius 2 is 2.10 bits per heavy atom. The summed E-state index contributed by atoms with van der Waals surface area (Å²) in [7, 11) is 3.42. The standard InChI is InChI=1S/C13H17ClN4O2/c1-13(2,3)20-12(19)18(5)11-16-8-7-15-10(14)6-9(8)17(11)4/h6-7H,1-5H3. The Labute approximate surface area is 122 Å². The Balaban J connectivity index is 2.37. The average Bonchev–Trinajstić information content (AvgIpc) is 2.64. The molecule has 20 heavy (non-hydrogen) atoms. The molecule has 0 aliphatic rings. The number of carbonyl (C=O) groups excluding carboxylic acids is 1. The molecule has 0 saturated carbocycles. The number of carbonyl (C=O) groups is 1. The van der Waals surface area contributed by atoms with Crippen molar-refractivity contribution in [2.45, 2.75) is 26.4 Å². The molecule has 0 N–H and O–H groups in total. The smallest absolute Gasteiger partial charge is 0.416 e. The molecule has 2 heterocycles. The maximum atomic E-state index is 12.1. The number of rotatable bonds is 1. The molecule has 0 fully saturated rings. The SMILES string of the molecule is CN(C(=O)OC(C)(C)C)c1nc2cnc(Cl)cc2n1C. The van der Waals surface area contributed by atoms with Crippen LogP contribution in [0, 0.1) is 0 Å². The van der Waals surface area contributed by atoms with Crippen LogP contribution in [0.15, 0.2) is 12.3 Å². The van der Waals surface area contributed by atoms with Gasteiger partial charge in [0.05, 0.1) is 11.7 Å². The van der Waals surface area contributed by atoms with Crippen LogP contribution in [0.4, 0.5) is 10.7 Å². The second-order valence-corrected chi connectivity index (χ2v) is 5.89. The van der Waals surface area contributed by atoms with Crippen molar-refractivity contribution >= 4 is 34.7 Å². The Morgan fingerprint density at radius 1 is 1.45 bits per heavy atom. The van der Waals surface area contributed by atoms with Crippen LogP contribution in [0.2, 0.25) is 5.15 Å². The molecule has 0 spiro atoms. The molecule has 0 aliphatic heterocycles. The third-order valence-electron chi connectivity index (χ3n) is 2.68. The van der Waals surface area contributed by atoms with E-state index in [4.69, 9.17) is 16.3 Å². The lowest BCUT2D eigenvalue weighted by atomic mass is 10.2. The maximum Gasteiger partial charge on any atom is 0.416 e. The van der Waals surface area contributed by atoms with Gasteiger partial charge in [0.2, 0.25) is 5.95 Å². The van der Waals surface area contributed by atoms with Crippen LogP contribution in [-0.4, -0.2) is 33.3 Å². The van der Waals surface area contributed by atoms with Gasteiger partial charge in [0.15, 0.2) is 0 Å². The summed E-state index contributed by atoms with van der Waals surface area (Å²) in [5.41, 5.74) is 0.915. The largest absolute Gasteiger partial charge is 0.443 e. The molecule has 2 aromatic rings. The summed E-state index contributed by atoms with van der Waals surface area (Å²) in [6, 6.07) is 1.70. The van der Waals surface area contributed by atoms with Gasteiger partial charge >= 0.3 is 6.09 Å². The second kappa shape index (κ2) is 4.94. The van der Waals surface area contributed by atoms with Crippen molar-refractivity contribution in [3.8, 4) is 0 Å². The van der Waals surface area contributed by atoms with Gasteiger partial charge in [-0.25, -0.2) is 14.8 Å². The van der Waals surface area contributed by atoms with Gasteiger partial charge in [-0.2, -0.15) is 0 Å². The molecular formula is C13H17ClN4O2. The lowest BCUT2D eigenvalue weighted by molar-refractivity contribution is 0.0586. The molecule has 2 aromatic heterocycles. The van der Waals surface area contributed by atoms with E-state index in [1.807, 2.05) is 27.8 Å². The number of aromatic nitrogens is 3. The van der Waals surface area contributed by atoms with Crippen LogP contribution >= 0.6 is 11.6 Å². The van der Waals surface area contributed by atoms with E-state index in [9.17, 15) is 4.79 Å². The third kappa shape index (κ3) is 2.85. The first-order valence-corrected chi connectivity index (χ1v) is 6.51. The molecule has 0 aliphatic carbocycles. The molecule has 0 radical (unpaired) electrons. The molecule has 1 amide bonds. The van der Waals surface area contributed by atoms with Crippen LogP contribution in [-0.2, 0) is 11.8 Å². The quantitative estimate of drug-likeness (QED) is 0.759. The fourth-order valence-corrected chi connectivity index (χ4v) is 1.92. The van der Waals surface area contributed by atoms with E-state index in [-0.39, 0.29) is 0 Å². The van der Waals surface area contributed by atoms with Crippen LogP contribution in [0.5, 0.6) is 0 Å². The maximum absolute atomic E-state index is 12.1. The summed E-state index contributed by atoms with van der Waals surface area (Å²) >= 11 is 5.87. The monoisotopic (exact) mass is 296 g/mol. The molecule has 6 nitrogen and oxygen atoms in total. The van der Waals surface area contributed by atoms with Crippen molar-refractivity contribution < 1.29 is 9.53 Å². The number of anilines is 1. The normalized spacial score (nSPS) is 11.7. The molecule has 0 atom stereocenters. The Bertz CT molecular complexity index is 660. The van der Waals surface area contributed by atoms with Gasteiger partial charge < -0.3 is 9.30 Å². The lowest BCUT2D eigenvalue weighted by Gasteiger charge is -2.24. The van der Waals surface area contributed by atoms with Gasteiger partial charge in [0.1, 0.15) is 16.3 Å². The predicted molar refractivity (Wildman–Crippen MR) is 78.2 cm³/mol. The van der Waals surface area contributed by atoms with E-state index >= 15 is 0 Å². The summed E-state index contributed by atoms with van der Waals surface area (Å²) in [5, 5.41) is 0.381. The minimum Gasteiger partial charge on any atom is -0.443 e. The molecule has 0 aromatic carbocycles. The minimum atomic E-state index is -0.555. The van der Waals surface area contributed by atoms with Gasteiger partial charge in [0.25, 0.3) is 0 Å². The average molecular weight is 297 g/mol. The van der Waals surface area contributed by atoms with Crippen LogP contribution in [0.25, 0.3) is 11.0 Å². The van der Waals surface area contributed by atoms with E-state index in [2.05, 4.69) is 9.97 Å². The zero-order valence-corrected chi connectivity index (χ0v) is 12.9. The summed E-state index contributed by atoms with van der Waals surface area (Å²) in [4.78, 5) is 21.8. The number of aryl methyl sites for hydroxylation is 1. The number of amides is 1. The first-order valence-electron chi connectivity index (χ1n) is 6.14. The van der Waals surface area contributed by atoms with Gasteiger partial charge in [0, 0.05) is 20.2 Å². The Kier molecular flexibility index (Phi) is 3.60. The first kappa shape index (κ1) is 14.6.